The lowest BCUT2D eigenvalue weighted by atomic mass is 9.99. The Morgan fingerprint density at radius 3 is 2.53 bits per heavy atom. The van der Waals surface area contributed by atoms with Crippen molar-refractivity contribution in [3.05, 3.63) is 65.0 Å². The van der Waals surface area contributed by atoms with E-state index in [1.165, 1.54) is 12.1 Å². The SMILES string of the molecule is Cc1cc(F)cc(C(O)c2cccc(N)c2)c1. The Kier molecular flexibility index (Phi) is 3.11. The smallest absolute Gasteiger partial charge is 0.123 e. The van der Waals surface area contributed by atoms with E-state index in [4.69, 9.17) is 5.73 Å². The van der Waals surface area contributed by atoms with Gasteiger partial charge >= 0.3 is 0 Å². The third-order valence-corrected chi connectivity index (χ3v) is 2.61. The number of anilines is 1. The van der Waals surface area contributed by atoms with Crippen LogP contribution in [-0.4, -0.2) is 5.11 Å². The Morgan fingerprint density at radius 2 is 1.88 bits per heavy atom. The molecule has 2 nitrogen and oxygen atoms in total. The second kappa shape index (κ2) is 4.55. The molecule has 0 aliphatic carbocycles. The summed E-state index contributed by atoms with van der Waals surface area (Å²) in [5.74, 6) is -0.344. The first-order chi connectivity index (χ1) is 8.06. The van der Waals surface area contributed by atoms with E-state index in [1.54, 1.807) is 37.3 Å². The molecule has 0 saturated heterocycles. The lowest BCUT2D eigenvalue weighted by Crippen LogP contribution is -2.01. The van der Waals surface area contributed by atoms with Gasteiger partial charge in [-0.1, -0.05) is 18.2 Å². The van der Waals surface area contributed by atoms with Gasteiger partial charge in [0.25, 0.3) is 0 Å². The largest absolute Gasteiger partial charge is 0.399 e. The minimum atomic E-state index is -0.854. The number of hydrogen-bond acceptors (Lipinski definition) is 2. The van der Waals surface area contributed by atoms with Crippen LogP contribution in [0.25, 0.3) is 0 Å². The molecule has 2 aromatic carbocycles. The van der Waals surface area contributed by atoms with Gasteiger partial charge in [0.05, 0.1) is 0 Å². The maximum atomic E-state index is 13.2. The monoisotopic (exact) mass is 231 g/mol. The summed E-state index contributed by atoms with van der Waals surface area (Å²) >= 11 is 0. The average Bonchev–Trinajstić information content (AvgIpc) is 2.26. The van der Waals surface area contributed by atoms with Crippen molar-refractivity contribution < 1.29 is 9.50 Å². The Labute approximate surface area is 99.5 Å². The molecule has 0 aromatic heterocycles. The number of nitrogens with two attached hydrogens (primary N) is 1. The van der Waals surface area contributed by atoms with Gasteiger partial charge in [0.1, 0.15) is 11.9 Å². The molecular weight excluding hydrogens is 217 g/mol. The molecule has 17 heavy (non-hydrogen) atoms. The van der Waals surface area contributed by atoms with Crippen LogP contribution in [0.15, 0.2) is 42.5 Å². The first-order valence-corrected chi connectivity index (χ1v) is 5.37. The van der Waals surface area contributed by atoms with Gasteiger partial charge in [-0.25, -0.2) is 4.39 Å². The fraction of sp³-hybridized carbons (Fsp3) is 0.143. The summed E-state index contributed by atoms with van der Waals surface area (Å²) < 4.78 is 13.2. The quantitative estimate of drug-likeness (QED) is 0.781. The van der Waals surface area contributed by atoms with Gasteiger partial charge in [-0.3, -0.25) is 0 Å². The highest BCUT2D eigenvalue weighted by atomic mass is 19.1. The Balaban J connectivity index is 2.39. The summed E-state index contributed by atoms with van der Waals surface area (Å²) in [6, 6.07) is 11.5. The van der Waals surface area contributed by atoms with E-state index in [1.807, 2.05) is 0 Å². The van der Waals surface area contributed by atoms with Crippen molar-refractivity contribution >= 4 is 5.69 Å². The van der Waals surface area contributed by atoms with Crippen LogP contribution in [0.2, 0.25) is 0 Å². The van der Waals surface area contributed by atoms with Gasteiger partial charge < -0.3 is 10.8 Å². The number of aryl methyl sites for hydroxylation is 1. The second-order valence-electron chi connectivity index (χ2n) is 4.13. The third kappa shape index (κ3) is 2.63. The van der Waals surface area contributed by atoms with Gasteiger partial charge in [0.15, 0.2) is 0 Å². The fourth-order valence-electron chi connectivity index (χ4n) is 1.84. The first kappa shape index (κ1) is 11.6. The molecule has 0 spiro atoms. The molecule has 3 N–H and O–H groups in total. The van der Waals surface area contributed by atoms with E-state index in [0.29, 0.717) is 16.8 Å². The summed E-state index contributed by atoms with van der Waals surface area (Å²) in [7, 11) is 0. The molecule has 88 valence electrons. The lowest BCUT2D eigenvalue weighted by Gasteiger charge is -2.13. The molecule has 0 aliphatic rings. The van der Waals surface area contributed by atoms with E-state index in [0.717, 1.165) is 5.56 Å². The maximum Gasteiger partial charge on any atom is 0.123 e. The highest BCUT2D eigenvalue weighted by Gasteiger charge is 2.11. The van der Waals surface area contributed by atoms with Crippen molar-refractivity contribution in [2.75, 3.05) is 5.73 Å². The maximum absolute atomic E-state index is 13.2. The zero-order valence-corrected chi connectivity index (χ0v) is 9.52. The van der Waals surface area contributed by atoms with Gasteiger partial charge in [-0.2, -0.15) is 0 Å². The zero-order chi connectivity index (χ0) is 12.4. The number of aliphatic hydroxyl groups excluding tert-OH is 1. The molecule has 0 fully saturated rings. The van der Waals surface area contributed by atoms with Crippen LogP contribution in [0.1, 0.15) is 22.8 Å². The van der Waals surface area contributed by atoms with Crippen LogP contribution in [0.4, 0.5) is 10.1 Å². The normalized spacial score (nSPS) is 12.4. The van der Waals surface area contributed by atoms with Crippen molar-refractivity contribution in [3.8, 4) is 0 Å². The van der Waals surface area contributed by atoms with E-state index in [-0.39, 0.29) is 5.82 Å². The van der Waals surface area contributed by atoms with Crippen molar-refractivity contribution in [2.45, 2.75) is 13.0 Å². The molecule has 2 rings (SSSR count). The second-order valence-corrected chi connectivity index (χ2v) is 4.13. The fourth-order valence-corrected chi connectivity index (χ4v) is 1.84. The van der Waals surface area contributed by atoms with Gasteiger partial charge in [0.2, 0.25) is 0 Å². The van der Waals surface area contributed by atoms with E-state index >= 15 is 0 Å². The molecule has 0 aliphatic heterocycles. The average molecular weight is 231 g/mol. The number of nitrogen functional groups attached to an aromatic ring is 1. The van der Waals surface area contributed by atoms with Crippen molar-refractivity contribution in [3.63, 3.8) is 0 Å². The summed E-state index contributed by atoms with van der Waals surface area (Å²) in [4.78, 5) is 0. The summed E-state index contributed by atoms with van der Waals surface area (Å²) in [5, 5.41) is 10.1. The van der Waals surface area contributed by atoms with Crippen LogP contribution in [-0.2, 0) is 0 Å². The highest BCUT2D eigenvalue weighted by molar-refractivity contribution is 5.43. The Hall–Kier alpha value is -1.87. The molecule has 0 heterocycles. The Bertz CT molecular complexity index is 519. The molecule has 2 aromatic rings. The van der Waals surface area contributed by atoms with Crippen molar-refractivity contribution in [1.82, 2.24) is 0 Å². The number of hydrogen-bond donors (Lipinski definition) is 2. The van der Waals surface area contributed by atoms with Crippen LogP contribution in [0, 0.1) is 12.7 Å². The number of aliphatic hydroxyl groups is 1. The number of rotatable bonds is 2. The van der Waals surface area contributed by atoms with Crippen molar-refractivity contribution in [1.29, 1.82) is 0 Å². The summed E-state index contributed by atoms with van der Waals surface area (Å²) in [6.45, 7) is 1.79. The van der Waals surface area contributed by atoms with E-state index in [9.17, 15) is 9.50 Å². The van der Waals surface area contributed by atoms with E-state index in [2.05, 4.69) is 0 Å². The molecule has 1 unspecified atom stereocenters. The van der Waals surface area contributed by atoms with Gasteiger partial charge in [0, 0.05) is 5.69 Å². The van der Waals surface area contributed by atoms with Crippen LogP contribution in [0.5, 0.6) is 0 Å². The predicted octanol–water partition coefficient (Wildman–Crippen LogP) is 2.80. The van der Waals surface area contributed by atoms with Gasteiger partial charge in [-0.15, -0.1) is 0 Å². The number of halogens is 1. The molecule has 3 heteroatoms. The minimum Gasteiger partial charge on any atom is -0.399 e. The number of benzene rings is 2. The van der Waals surface area contributed by atoms with E-state index < -0.39 is 6.10 Å². The molecule has 0 saturated carbocycles. The third-order valence-electron chi connectivity index (χ3n) is 2.61. The summed E-state index contributed by atoms with van der Waals surface area (Å²) in [6.07, 6.45) is -0.854. The molecular formula is C14H14FNO. The molecule has 0 radical (unpaired) electrons. The highest BCUT2D eigenvalue weighted by Crippen LogP contribution is 2.24. The van der Waals surface area contributed by atoms with Crippen LogP contribution < -0.4 is 5.73 Å². The van der Waals surface area contributed by atoms with Crippen LogP contribution in [0.3, 0.4) is 0 Å². The molecule has 0 amide bonds. The van der Waals surface area contributed by atoms with Crippen molar-refractivity contribution in [2.24, 2.45) is 0 Å². The lowest BCUT2D eigenvalue weighted by molar-refractivity contribution is 0.220. The predicted molar refractivity (Wildman–Crippen MR) is 66.1 cm³/mol. The Morgan fingerprint density at radius 1 is 1.12 bits per heavy atom. The standard InChI is InChI=1S/C14H14FNO/c1-9-5-11(7-12(15)6-9)14(17)10-3-2-4-13(16)8-10/h2-8,14,17H,16H2,1H3. The molecule has 1 atom stereocenters. The first-order valence-electron chi connectivity index (χ1n) is 5.37. The summed E-state index contributed by atoms with van der Waals surface area (Å²) in [5.41, 5.74) is 8.21. The molecule has 0 bridgehead atoms. The minimum absolute atomic E-state index is 0.344. The topological polar surface area (TPSA) is 46.2 Å². The van der Waals surface area contributed by atoms with Crippen LogP contribution >= 0.6 is 0 Å². The van der Waals surface area contributed by atoms with Gasteiger partial charge in [-0.05, 0) is 47.9 Å². The zero-order valence-electron chi connectivity index (χ0n) is 9.52.